The number of hydrogen-bond donors (Lipinski definition) is 2. The molecular weight excluding hydrogens is 386 g/mol. The maximum Gasteiger partial charge on any atom is 0.407 e. The SMILES string of the molecule is O=C(NC(CCBr)C(=O)O)OCC1c2ccccc2-c2ccccc21. The molecule has 6 heteroatoms. The standard InChI is InChI=1S/C19H18BrNO4/c20-10-9-17(18(22)23)21-19(24)25-11-16-14-7-3-1-5-12(14)13-6-2-4-8-15(13)16/h1-8,16-17H,9-11H2,(H,21,24)(H,22,23). The molecule has 3 rings (SSSR count). The second-order valence-electron chi connectivity index (χ2n) is 5.84. The van der Waals surface area contributed by atoms with Gasteiger partial charge in [0.25, 0.3) is 0 Å². The normalized spacial score (nSPS) is 13.6. The number of ether oxygens (including phenoxy) is 1. The van der Waals surface area contributed by atoms with Crippen molar-refractivity contribution in [1.82, 2.24) is 5.32 Å². The zero-order valence-corrected chi connectivity index (χ0v) is 15.0. The van der Waals surface area contributed by atoms with Gasteiger partial charge in [0.2, 0.25) is 0 Å². The van der Waals surface area contributed by atoms with Gasteiger partial charge in [-0.2, -0.15) is 0 Å². The van der Waals surface area contributed by atoms with Gasteiger partial charge in [-0.15, -0.1) is 0 Å². The Morgan fingerprint density at radius 2 is 1.64 bits per heavy atom. The van der Waals surface area contributed by atoms with Crippen LogP contribution < -0.4 is 5.32 Å². The molecule has 2 aromatic carbocycles. The Labute approximate surface area is 154 Å². The lowest BCUT2D eigenvalue weighted by Gasteiger charge is -2.17. The van der Waals surface area contributed by atoms with Gasteiger partial charge < -0.3 is 15.2 Å². The number of rotatable bonds is 6. The number of halogens is 1. The molecule has 5 nitrogen and oxygen atoms in total. The largest absolute Gasteiger partial charge is 0.480 e. The molecule has 2 aromatic rings. The van der Waals surface area contributed by atoms with Crippen LogP contribution in [0.3, 0.4) is 0 Å². The van der Waals surface area contributed by atoms with E-state index in [0.717, 1.165) is 22.3 Å². The number of carboxylic acid groups (broad SMARTS) is 1. The third kappa shape index (κ3) is 3.69. The molecule has 1 aliphatic rings. The molecule has 1 aliphatic carbocycles. The molecular formula is C19H18BrNO4. The summed E-state index contributed by atoms with van der Waals surface area (Å²) in [5, 5.41) is 12.0. The van der Waals surface area contributed by atoms with Crippen molar-refractivity contribution < 1.29 is 19.4 Å². The quantitative estimate of drug-likeness (QED) is 0.719. The van der Waals surface area contributed by atoms with E-state index in [2.05, 4.69) is 33.4 Å². The first-order valence-corrected chi connectivity index (χ1v) is 9.14. The summed E-state index contributed by atoms with van der Waals surface area (Å²) >= 11 is 3.18. The van der Waals surface area contributed by atoms with Crippen molar-refractivity contribution in [3.63, 3.8) is 0 Å². The van der Waals surface area contributed by atoms with Crippen molar-refractivity contribution in [3.05, 3.63) is 59.7 Å². The van der Waals surface area contributed by atoms with Crippen LogP contribution in [0.4, 0.5) is 4.79 Å². The first kappa shape index (κ1) is 17.5. The molecule has 1 amide bonds. The van der Waals surface area contributed by atoms with Crippen LogP contribution in [0.25, 0.3) is 11.1 Å². The van der Waals surface area contributed by atoms with E-state index >= 15 is 0 Å². The van der Waals surface area contributed by atoms with Gasteiger partial charge in [-0.1, -0.05) is 64.5 Å². The Hall–Kier alpha value is -2.34. The number of nitrogens with one attached hydrogen (secondary N) is 1. The fraction of sp³-hybridized carbons (Fsp3) is 0.263. The lowest BCUT2D eigenvalue weighted by atomic mass is 9.98. The summed E-state index contributed by atoms with van der Waals surface area (Å²) in [4.78, 5) is 23.1. The summed E-state index contributed by atoms with van der Waals surface area (Å²) in [5.41, 5.74) is 4.53. The number of carboxylic acids is 1. The van der Waals surface area contributed by atoms with Gasteiger partial charge in [0.15, 0.2) is 0 Å². The third-order valence-corrected chi connectivity index (χ3v) is 4.79. The number of alkyl halides is 1. The Morgan fingerprint density at radius 1 is 1.08 bits per heavy atom. The summed E-state index contributed by atoms with van der Waals surface area (Å²) in [7, 11) is 0. The van der Waals surface area contributed by atoms with Crippen molar-refractivity contribution in [2.24, 2.45) is 0 Å². The average molecular weight is 404 g/mol. The topological polar surface area (TPSA) is 75.6 Å². The van der Waals surface area contributed by atoms with E-state index in [0.29, 0.717) is 11.8 Å². The van der Waals surface area contributed by atoms with Crippen LogP contribution in [-0.4, -0.2) is 35.1 Å². The Morgan fingerprint density at radius 3 is 2.16 bits per heavy atom. The summed E-state index contributed by atoms with van der Waals surface area (Å²) in [5.74, 6) is -1.12. The van der Waals surface area contributed by atoms with Crippen molar-refractivity contribution in [1.29, 1.82) is 0 Å². The number of alkyl carbamates (subject to hydrolysis) is 1. The lowest BCUT2D eigenvalue weighted by Crippen LogP contribution is -2.41. The molecule has 0 spiro atoms. The monoisotopic (exact) mass is 403 g/mol. The highest BCUT2D eigenvalue weighted by Crippen LogP contribution is 2.44. The molecule has 0 aliphatic heterocycles. The van der Waals surface area contributed by atoms with Crippen LogP contribution in [0.1, 0.15) is 23.5 Å². The van der Waals surface area contributed by atoms with Gasteiger partial charge >= 0.3 is 12.1 Å². The van der Waals surface area contributed by atoms with Gasteiger partial charge in [-0.25, -0.2) is 9.59 Å². The van der Waals surface area contributed by atoms with Crippen molar-refractivity contribution in [2.45, 2.75) is 18.4 Å². The van der Waals surface area contributed by atoms with E-state index in [9.17, 15) is 9.59 Å². The molecule has 0 radical (unpaired) electrons. The summed E-state index contributed by atoms with van der Waals surface area (Å²) in [6.45, 7) is 0.167. The van der Waals surface area contributed by atoms with E-state index in [-0.39, 0.29) is 12.5 Å². The molecule has 0 fully saturated rings. The zero-order valence-electron chi connectivity index (χ0n) is 13.4. The van der Waals surface area contributed by atoms with Crippen LogP contribution in [-0.2, 0) is 9.53 Å². The summed E-state index contributed by atoms with van der Waals surface area (Å²) in [6, 6.07) is 15.1. The Balaban J connectivity index is 1.71. The highest BCUT2D eigenvalue weighted by molar-refractivity contribution is 9.09. The van der Waals surface area contributed by atoms with E-state index in [1.165, 1.54) is 0 Å². The van der Waals surface area contributed by atoms with E-state index < -0.39 is 18.1 Å². The minimum Gasteiger partial charge on any atom is -0.480 e. The maximum atomic E-state index is 12.0. The van der Waals surface area contributed by atoms with Crippen LogP contribution in [0.15, 0.2) is 48.5 Å². The molecule has 0 saturated carbocycles. The number of benzene rings is 2. The van der Waals surface area contributed by atoms with Crippen molar-refractivity contribution in [3.8, 4) is 11.1 Å². The third-order valence-electron chi connectivity index (χ3n) is 4.33. The molecule has 0 aromatic heterocycles. The highest BCUT2D eigenvalue weighted by Gasteiger charge is 2.29. The molecule has 1 unspecified atom stereocenters. The van der Waals surface area contributed by atoms with Gasteiger partial charge in [-0.3, -0.25) is 0 Å². The second kappa shape index (κ2) is 7.70. The average Bonchev–Trinajstić information content (AvgIpc) is 2.93. The first-order valence-electron chi connectivity index (χ1n) is 8.02. The van der Waals surface area contributed by atoms with Crippen LogP contribution in [0, 0.1) is 0 Å². The van der Waals surface area contributed by atoms with Crippen LogP contribution in [0.5, 0.6) is 0 Å². The molecule has 1 atom stereocenters. The number of fused-ring (bicyclic) bond motifs is 3. The van der Waals surface area contributed by atoms with E-state index in [4.69, 9.17) is 9.84 Å². The molecule has 25 heavy (non-hydrogen) atoms. The van der Waals surface area contributed by atoms with Crippen LogP contribution in [0.2, 0.25) is 0 Å². The van der Waals surface area contributed by atoms with Crippen LogP contribution >= 0.6 is 15.9 Å². The smallest absolute Gasteiger partial charge is 0.407 e. The minimum atomic E-state index is -1.08. The van der Waals surface area contributed by atoms with Crippen molar-refractivity contribution >= 4 is 28.0 Å². The van der Waals surface area contributed by atoms with Gasteiger partial charge in [-0.05, 0) is 28.7 Å². The highest BCUT2D eigenvalue weighted by atomic mass is 79.9. The second-order valence-corrected chi connectivity index (χ2v) is 6.63. The Bertz CT molecular complexity index is 747. The number of amides is 1. The summed E-state index contributed by atoms with van der Waals surface area (Å²) < 4.78 is 5.34. The number of hydrogen-bond acceptors (Lipinski definition) is 3. The molecule has 0 bridgehead atoms. The molecule has 130 valence electrons. The number of aliphatic carboxylic acids is 1. The predicted molar refractivity (Wildman–Crippen MR) is 98.0 cm³/mol. The maximum absolute atomic E-state index is 12.0. The lowest BCUT2D eigenvalue weighted by molar-refractivity contribution is -0.139. The fourth-order valence-electron chi connectivity index (χ4n) is 3.15. The molecule has 2 N–H and O–H groups in total. The van der Waals surface area contributed by atoms with E-state index in [1.54, 1.807) is 0 Å². The molecule has 0 saturated heterocycles. The Kier molecular flexibility index (Phi) is 5.38. The molecule has 0 heterocycles. The van der Waals surface area contributed by atoms with E-state index in [1.807, 2.05) is 36.4 Å². The summed E-state index contributed by atoms with van der Waals surface area (Å²) in [6.07, 6.45) is -0.422. The number of carbonyl (C=O) groups is 2. The van der Waals surface area contributed by atoms with Gasteiger partial charge in [0.05, 0.1) is 0 Å². The van der Waals surface area contributed by atoms with Gasteiger partial charge in [0.1, 0.15) is 12.6 Å². The van der Waals surface area contributed by atoms with Crippen molar-refractivity contribution in [2.75, 3.05) is 11.9 Å². The minimum absolute atomic E-state index is 0.0439. The predicted octanol–water partition coefficient (Wildman–Crippen LogP) is 3.76. The van der Waals surface area contributed by atoms with Gasteiger partial charge in [0, 0.05) is 11.2 Å². The zero-order chi connectivity index (χ0) is 17.8. The number of carbonyl (C=O) groups excluding carboxylic acids is 1. The first-order chi connectivity index (χ1) is 12.1. The fourth-order valence-corrected chi connectivity index (χ4v) is 3.61.